The number of halogens is 1. The van der Waals surface area contributed by atoms with Gasteiger partial charge < -0.3 is 15.2 Å². The molecule has 3 aromatic rings. The molecule has 0 fully saturated rings. The number of carbonyl (C=O) groups excluding carboxylic acids is 1. The van der Waals surface area contributed by atoms with Gasteiger partial charge >= 0.3 is 0 Å². The first-order valence-corrected chi connectivity index (χ1v) is 8.10. The predicted octanol–water partition coefficient (Wildman–Crippen LogP) is 4.02. The van der Waals surface area contributed by atoms with E-state index in [1.54, 1.807) is 29.5 Å². The summed E-state index contributed by atoms with van der Waals surface area (Å²) in [6, 6.07) is 7.15. The first kappa shape index (κ1) is 15.5. The third-order valence-electron chi connectivity index (χ3n) is 2.96. The molecule has 0 aliphatic rings. The van der Waals surface area contributed by atoms with Crippen LogP contribution in [0.4, 0.5) is 11.4 Å². The number of benzene rings is 1. The molecule has 0 saturated heterocycles. The third-order valence-corrected chi connectivity index (χ3v) is 3.96. The number of nitrogens with zero attached hydrogens (tertiary/aromatic N) is 2. The van der Waals surface area contributed by atoms with Crippen molar-refractivity contribution in [3.05, 3.63) is 45.9 Å². The summed E-state index contributed by atoms with van der Waals surface area (Å²) < 4.78 is 5.22. The molecule has 0 unspecified atom stereocenters. The molecule has 118 valence electrons. The summed E-state index contributed by atoms with van der Waals surface area (Å²) in [5.74, 6) is 0.887. The Balaban J connectivity index is 1.65. The van der Waals surface area contributed by atoms with E-state index in [0.29, 0.717) is 29.0 Å². The molecule has 2 heterocycles. The molecule has 0 bridgehead atoms. The van der Waals surface area contributed by atoms with Gasteiger partial charge in [0.25, 0.3) is 5.89 Å². The van der Waals surface area contributed by atoms with E-state index < -0.39 is 0 Å². The molecule has 2 aromatic heterocycles. The molecule has 8 heteroatoms. The van der Waals surface area contributed by atoms with Crippen LogP contribution in [0.2, 0.25) is 5.02 Å². The van der Waals surface area contributed by atoms with E-state index in [4.69, 9.17) is 16.1 Å². The van der Waals surface area contributed by atoms with Crippen molar-refractivity contribution in [1.29, 1.82) is 0 Å². The highest BCUT2D eigenvalue weighted by Gasteiger charge is 2.10. The average Bonchev–Trinajstić information content (AvgIpc) is 3.17. The van der Waals surface area contributed by atoms with Crippen LogP contribution in [0.15, 0.2) is 39.5 Å². The zero-order valence-electron chi connectivity index (χ0n) is 12.2. The van der Waals surface area contributed by atoms with Gasteiger partial charge in [-0.3, -0.25) is 4.79 Å². The number of hydrogen-bond donors (Lipinski definition) is 2. The van der Waals surface area contributed by atoms with Gasteiger partial charge in [-0.1, -0.05) is 16.8 Å². The van der Waals surface area contributed by atoms with Crippen LogP contribution in [-0.2, 0) is 11.3 Å². The fourth-order valence-electron chi connectivity index (χ4n) is 1.94. The largest absolute Gasteiger partial charge is 0.376 e. The summed E-state index contributed by atoms with van der Waals surface area (Å²) in [5.41, 5.74) is 2.28. The molecule has 0 saturated carbocycles. The summed E-state index contributed by atoms with van der Waals surface area (Å²) in [4.78, 5) is 15.3. The molecule has 2 N–H and O–H groups in total. The Morgan fingerprint density at radius 1 is 1.39 bits per heavy atom. The first-order chi connectivity index (χ1) is 11.1. The highest BCUT2D eigenvalue weighted by atomic mass is 35.5. The zero-order chi connectivity index (χ0) is 16.2. The Bertz CT molecular complexity index is 817. The topological polar surface area (TPSA) is 80.0 Å². The van der Waals surface area contributed by atoms with E-state index in [-0.39, 0.29) is 5.91 Å². The highest BCUT2D eigenvalue weighted by Crippen LogP contribution is 2.26. The lowest BCUT2D eigenvalue weighted by molar-refractivity contribution is -0.114. The Morgan fingerprint density at radius 2 is 2.26 bits per heavy atom. The maximum absolute atomic E-state index is 11.0. The van der Waals surface area contributed by atoms with E-state index in [2.05, 4.69) is 20.8 Å². The van der Waals surface area contributed by atoms with Gasteiger partial charge in [-0.25, -0.2) is 0 Å². The minimum atomic E-state index is -0.144. The number of aromatic nitrogens is 2. The molecular weight excluding hydrogens is 336 g/mol. The lowest BCUT2D eigenvalue weighted by Gasteiger charge is -2.08. The van der Waals surface area contributed by atoms with Gasteiger partial charge in [-0.05, 0) is 29.6 Å². The Hall–Kier alpha value is -2.38. The van der Waals surface area contributed by atoms with E-state index in [1.165, 1.54) is 6.92 Å². The van der Waals surface area contributed by atoms with Crippen molar-refractivity contribution >= 4 is 40.2 Å². The molecule has 0 spiro atoms. The fraction of sp³-hybridized carbons (Fsp3) is 0.133. The molecule has 0 atom stereocenters. The Kier molecular flexibility index (Phi) is 4.59. The normalized spacial score (nSPS) is 10.5. The van der Waals surface area contributed by atoms with Gasteiger partial charge in [0.05, 0.1) is 22.8 Å². The number of amides is 1. The predicted molar refractivity (Wildman–Crippen MR) is 90.7 cm³/mol. The Morgan fingerprint density at radius 3 is 2.96 bits per heavy atom. The molecule has 23 heavy (non-hydrogen) atoms. The summed E-state index contributed by atoms with van der Waals surface area (Å²) >= 11 is 7.76. The van der Waals surface area contributed by atoms with Crippen LogP contribution in [0.25, 0.3) is 11.5 Å². The van der Waals surface area contributed by atoms with Crippen molar-refractivity contribution in [2.45, 2.75) is 13.5 Å². The second-order valence-corrected chi connectivity index (χ2v) is 5.94. The second kappa shape index (κ2) is 6.80. The number of nitrogens with one attached hydrogen (secondary N) is 2. The molecule has 6 nitrogen and oxygen atoms in total. The van der Waals surface area contributed by atoms with Crippen LogP contribution in [0.1, 0.15) is 12.7 Å². The van der Waals surface area contributed by atoms with Crippen LogP contribution in [-0.4, -0.2) is 16.0 Å². The minimum absolute atomic E-state index is 0.144. The van der Waals surface area contributed by atoms with Crippen molar-refractivity contribution in [2.24, 2.45) is 0 Å². The van der Waals surface area contributed by atoms with Crippen molar-refractivity contribution in [1.82, 2.24) is 10.1 Å². The van der Waals surface area contributed by atoms with Crippen molar-refractivity contribution in [3.63, 3.8) is 0 Å². The van der Waals surface area contributed by atoms with Crippen LogP contribution < -0.4 is 10.6 Å². The number of anilines is 2. The molecule has 0 radical (unpaired) electrons. The standard InChI is InChI=1S/C15H13ClN4O2S/c1-9(21)18-11-2-3-13(12(16)6-11)17-7-14-19-15(22-20-14)10-4-5-23-8-10/h2-6,8,17H,7H2,1H3,(H,18,21). The third kappa shape index (κ3) is 3.88. The van der Waals surface area contributed by atoms with Gasteiger partial charge in [-0.15, -0.1) is 0 Å². The van der Waals surface area contributed by atoms with Gasteiger partial charge in [0.1, 0.15) is 0 Å². The second-order valence-electron chi connectivity index (χ2n) is 4.76. The first-order valence-electron chi connectivity index (χ1n) is 6.78. The van der Waals surface area contributed by atoms with Crippen LogP contribution in [0.5, 0.6) is 0 Å². The molecule has 0 aliphatic carbocycles. The fourth-order valence-corrected chi connectivity index (χ4v) is 2.82. The summed E-state index contributed by atoms with van der Waals surface area (Å²) in [6.07, 6.45) is 0. The summed E-state index contributed by atoms with van der Waals surface area (Å²) in [7, 11) is 0. The Labute approximate surface area is 141 Å². The maximum atomic E-state index is 11.0. The smallest absolute Gasteiger partial charge is 0.258 e. The monoisotopic (exact) mass is 348 g/mol. The van der Waals surface area contributed by atoms with E-state index in [9.17, 15) is 4.79 Å². The number of thiophene rings is 1. The van der Waals surface area contributed by atoms with E-state index >= 15 is 0 Å². The lowest BCUT2D eigenvalue weighted by atomic mass is 10.2. The van der Waals surface area contributed by atoms with Crippen LogP contribution >= 0.6 is 22.9 Å². The van der Waals surface area contributed by atoms with Crippen LogP contribution in [0, 0.1) is 0 Å². The molecular formula is C15H13ClN4O2S. The van der Waals surface area contributed by atoms with Crippen molar-refractivity contribution in [3.8, 4) is 11.5 Å². The summed E-state index contributed by atoms with van der Waals surface area (Å²) in [6.45, 7) is 1.83. The lowest BCUT2D eigenvalue weighted by Crippen LogP contribution is -2.06. The SMILES string of the molecule is CC(=O)Nc1ccc(NCc2noc(-c3ccsc3)n2)c(Cl)c1. The van der Waals surface area contributed by atoms with Gasteiger partial charge in [0, 0.05) is 18.0 Å². The number of rotatable bonds is 5. The zero-order valence-corrected chi connectivity index (χ0v) is 13.7. The number of carbonyl (C=O) groups is 1. The molecule has 1 aromatic carbocycles. The molecule has 0 aliphatic heterocycles. The van der Waals surface area contributed by atoms with Crippen molar-refractivity contribution < 1.29 is 9.32 Å². The highest BCUT2D eigenvalue weighted by molar-refractivity contribution is 7.08. The molecule has 1 amide bonds. The average molecular weight is 349 g/mol. The minimum Gasteiger partial charge on any atom is -0.376 e. The van der Waals surface area contributed by atoms with Gasteiger partial charge in [-0.2, -0.15) is 16.3 Å². The van der Waals surface area contributed by atoms with Gasteiger partial charge in [0.15, 0.2) is 5.82 Å². The number of hydrogen-bond acceptors (Lipinski definition) is 6. The van der Waals surface area contributed by atoms with E-state index in [0.717, 1.165) is 11.3 Å². The van der Waals surface area contributed by atoms with Crippen molar-refractivity contribution in [2.75, 3.05) is 10.6 Å². The molecule has 3 rings (SSSR count). The van der Waals surface area contributed by atoms with E-state index in [1.807, 2.05) is 16.8 Å². The quantitative estimate of drug-likeness (QED) is 0.727. The van der Waals surface area contributed by atoms with Crippen LogP contribution in [0.3, 0.4) is 0 Å². The maximum Gasteiger partial charge on any atom is 0.258 e. The van der Waals surface area contributed by atoms with Gasteiger partial charge in [0.2, 0.25) is 5.91 Å². The summed E-state index contributed by atoms with van der Waals surface area (Å²) in [5, 5.41) is 14.1.